The van der Waals surface area contributed by atoms with E-state index in [1.807, 2.05) is 55.6 Å². The van der Waals surface area contributed by atoms with Gasteiger partial charge in [-0.2, -0.15) is 5.26 Å². The second-order valence-electron chi connectivity index (χ2n) is 14.2. The van der Waals surface area contributed by atoms with Gasteiger partial charge in [0.25, 0.3) is 0 Å². The fourth-order valence-corrected chi connectivity index (χ4v) is 7.17. The number of carboxylic acids is 1. The van der Waals surface area contributed by atoms with Crippen molar-refractivity contribution < 1.29 is 19.4 Å². The monoisotopic (exact) mass is 695 g/mol. The number of nitriles is 1. The summed E-state index contributed by atoms with van der Waals surface area (Å²) in [7, 11) is 0. The van der Waals surface area contributed by atoms with Crippen molar-refractivity contribution >= 4 is 39.6 Å². The molecular formula is C41H41N7O4. The number of nitrogens with zero attached hydrogens (tertiary/aromatic N) is 6. The first-order valence-corrected chi connectivity index (χ1v) is 17.6. The molecule has 2 atom stereocenters. The van der Waals surface area contributed by atoms with Crippen LogP contribution in [0.15, 0.2) is 71.5 Å². The van der Waals surface area contributed by atoms with Crippen LogP contribution in [0.2, 0.25) is 0 Å². The molecule has 52 heavy (non-hydrogen) atoms. The molecule has 7 rings (SSSR count). The lowest BCUT2D eigenvalue weighted by atomic mass is 9.90. The number of aliphatic hydroxyl groups is 1. The van der Waals surface area contributed by atoms with Gasteiger partial charge in [-0.25, -0.2) is 15.0 Å². The van der Waals surface area contributed by atoms with E-state index in [2.05, 4.69) is 45.3 Å². The summed E-state index contributed by atoms with van der Waals surface area (Å²) in [5.74, 6) is 0.261. The van der Waals surface area contributed by atoms with E-state index in [-0.39, 0.29) is 6.10 Å². The Morgan fingerprint density at radius 2 is 1.79 bits per heavy atom. The van der Waals surface area contributed by atoms with Crippen LogP contribution in [0, 0.1) is 30.6 Å². The van der Waals surface area contributed by atoms with E-state index in [4.69, 9.17) is 14.4 Å². The maximum Gasteiger partial charge on any atom is 0.310 e. The summed E-state index contributed by atoms with van der Waals surface area (Å²) in [6.07, 6.45) is 6.09. The minimum atomic E-state index is -0.785. The molecule has 0 unspecified atom stereocenters. The van der Waals surface area contributed by atoms with E-state index >= 15 is 0 Å². The number of hydrogen-bond acceptors (Lipinski definition) is 10. The normalized spacial score (nSPS) is 16.7. The minimum absolute atomic E-state index is 0.321. The quantitative estimate of drug-likeness (QED) is 0.122. The van der Waals surface area contributed by atoms with Gasteiger partial charge in [-0.1, -0.05) is 24.3 Å². The predicted molar refractivity (Wildman–Crippen MR) is 200 cm³/mol. The summed E-state index contributed by atoms with van der Waals surface area (Å²) in [4.78, 5) is 32.4. The summed E-state index contributed by atoms with van der Waals surface area (Å²) in [6, 6.07) is 20.2. The van der Waals surface area contributed by atoms with Gasteiger partial charge in [-0.3, -0.25) is 14.7 Å². The molecule has 0 bridgehead atoms. The molecule has 0 spiro atoms. The number of aryl methyl sites for hydroxylation is 1. The number of anilines is 2. The fourth-order valence-electron chi connectivity index (χ4n) is 7.17. The zero-order valence-electron chi connectivity index (χ0n) is 29.8. The Balaban J connectivity index is 1.16. The van der Waals surface area contributed by atoms with Crippen LogP contribution in [-0.4, -0.2) is 60.2 Å². The Kier molecular flexibility index (Phi) is 9.44. The number of fused-ring (bicyclic) bond motifs is 2. The van der Waals surface area contributed by atoms with Gasteiger partial charge >= 0.3 is 5.97 Å². The van der Waals surface area contributed by atoms with Crippen LogP contribution in [0.1, 0.15) is 60.9 Å². The number of aliphatic hydroxyl groups excluding tert-OH is 1. The molecule has 6 aromatic rings. The zero-order valence-corrected chi connectivity index (χ0v) is 29.8. The number of carbonyl (C=O) groups is 1. The van der Waals surface area contributed by atoms with Crippen molar-refractivity contribution in [3.05, 3.63) is 94.9 Å². The van der Waals surface area contributed by atoms with Crippen molar-refractivity contribution in [3.8, 4) is 28.7 Å². The molecular weight excluding hydrogens is 654 g/mol. The highest BCUT2D eigenvalue weighted by Gasteiger charge is 2.40. The molecule has 3 N–H and O–H groups in total. The number of likely N-dealkylation sites (tertiary alicyclic amines) is 1. The molecule has 264 valence electrons. The first-order valence-electron chi connectivity index (χ1n) is 17.6. The van der Waals surface area contributed by atoms with Gasteiger partial charge in [0.1, 0.15) is 23.4 Å². The van der Waals surface area contributed by atoms with Crippen molar-refractivity contribution in [2.75, 3.05) is 18.4 Å². The maximum absolute atomic E-state index is 11.8. The SMILES string of the molecule is Cc1c(Nc2ncnc3cc(CCC[C@H](C)O)cnc23)cccc1-c1cccc(-c2nc3cc(CN4CC[C@@](C)(C(=O)O)C4)cc(C#N)c3o2)c1C. The number of benzene rings is 3. The lowest BCUT2D eigenvalue weighted by Gasteiger charge is -2.20. The third-order valence-corrected chi connectivity index (χ3v) is 10.2. The molecule has 0 radical (unpaired) electrons. The lowest BCUT2D eigenvalue weighted by Crippen LogP contribution is -2.31. The number of aromatic nitrogens is 4. The van der Waals surface area contributed by atoms with Gasteiger partial charge in [0, 0.05) is 30.5 Å². The van der Waals surface area contributed by atoms with Gasteiger partial charge < -0.3 is 19.9 Å². The molecule has 4 heterocycles. The predicted octanol–water partition coefficient (Wildman–Crippen LogP) is 7.73. The van der Waals surface area contributed by atoms with Crippen molar-refractivity contribution in [2.45, 2.75) is 66.0 Å². The van der Waals surface area contributed by atoms with E-state index in [0.29, 0.717) is 59.9 Å². The third-order valence-electron chi connectivity index (χ3n) is 10.2. The maximum atomic E-state index is 11.8. The molecule has 1 saturated heterocycles. The second kappa shape index (κ2) is 14.1. The van der Waals surface area contributed by atoms with Crippen LogP contribution in [0.4, 0.5) is 11.5 Å². The molecule has 11 nitrogen and oxygen atoms in total. The molecule has 1 aliphatic heterocycles. The Hall–Kier alpha value is -5.70. The summed E-state index contributed by atoms with van der Waals surface area (Å²) < 4.78 is 6.28. The van der Waals surface area contributed by atoms with E-state index in [9.17, 15) is 20.3 Å². The summed E-state index contributed by atoms with van der Waals surface area (Å²) in [5, 5.41) is 32.8. The van der Waals surface area contributed by atoms with Crippen LogP contribution >= 0.6 is 0 Å². The molecule has 3 aromatic carbocycles. The first kappa shape index (κ1) is 34.7. The van der Waals surface area contributed by atoms with Gasteiger partial charge in [0.05, 0.1) is 22.6 Å². The molecule has 0 amide bonds. The minimum Gasteiger partial charge on any atom is -0.481 e. The third kappa shape index (κ3) is 6.83. The Morgan fingerprint density at radius 1 is 1.04 bits per heavy atom. The van der Waals surface area contributed by atoms with Crippen molar-refractivity contribution in [1.82, 2.24) is 24.8 Å². The van der Waals surface area contributed by atoms with E-state index in [1.54, 1.807) is 20.2 Å². The number of oxazole rings is 1. The average molecular weight is 696 g/mol. The van der Waals surface area contributed by atoms with Crippen LogP contribution in [0.3, 0.4) is 0 Å². The summed E-state index contributed by atoms with van der Waals surface area (Å²) >= 11 is 0. The molecule has 11 heteroatoms. The van der Waals surface area contributed by atoms with Gasteiger partial charge in [-0.15, -0.1) is 0 Å². The molecule has 1 aliphatic rings. The van der Waals surface area contributed by atoms with E-state index in [1.165, 1.54) is 0 Å². The Bertz CT molecular complexity index is 2360. The number of pyridine rings is 1. The topological polar surface area (TPSA) is 161 Å². The van der Waals surface area contributed by atoms with Crippen molar-refractivity contribution in [2.24, 2.45) is 5.41 Å². The van der Waals surface area contributed by atoms with Crippen molar-refractivity contribution in [1.29, 1.82) is 5.26 Å². The summed E-state index contributed by atoms with van der Waals surface area (Å²) in [5.41, 5.74) is 9.82. The fraction of sp³-hybridized carbons (Fsp3) is 0.317. The van der Waals surface area contributed by atoms with Crippen LogP contribution in [0.25, 0.3) is 44.7 Å². The van der Waals surface area contributed by atoms with Gasteiger partial charge in [-0.05, 0) is 124 Å². The molecule has 0 saturated carbocycles. The highest BCUT2D eigenvalue weighted by atomic mass is 16.4. The van der Waals surface area contributed by atoms with Crippen molar-refractivity contribution in [3.63, 3.8) is 0 Å². The highest BCUT2D eigenvalue weighted by molar-refractivity contribution is 5.89. The molecule has 0 aliphatic carbocycles. The van der Waals surface area contributed by atoms with Crippen LogP contribution in [-0.2, 0) is 17.8 Å². The smallest absolute Gasteiger partial charge is 0.310 e. The number of nitrogens with one attached hydrogen (secondary N) is 1. The van der Waals surface area contributed by atoms with Crippen LogP contribution in [0.5, 0.6) is 0 Å². The lowest BCUT2D eigenvalue weighted by molar-refractivity contribution is -0.147. The van der Waals surface area contributed by atoms with Gasteiger partial charge in [0.15, 0.2) is 11.4 Å². The number of carboxylic acid groups (broad SMARTS) is 1. The Labute approximate surface area is 302 Å². The number of hydrogen-bond donors (Lipinski definition) is 3. The highest BCUT2D eigenvalue weighted by Crippen LogP contribution is 2.38. The number of rotatable bonds is 11. The Morgan fingerprint density at radius 3 is 2.54 bits per heavy atom. The van der Waals surface area contributed by atoms with Crippen LogP contribution < -0.4 is 5.32 Å². The summed E-state index contributed by atoms with van der Waals surface area (Å²) in [6.45, 7) is 9.35. The van der Waals surface area contributed by atoms with Gasteiger partial charge in [0.2, 0.25) is 5.89 Å². The average Bonchev–Trinajstić information content (AvgIpc) is 3.73. The standard InChI is InChI=1S/C41H41N7O4/c1-24(49)8-5-9-27-17-34-36(43-20-27)38(45-23-44-34)46-33-13-7-11-31(26(33)3)30-10-6-12-32(25(30)2)39-47-35-18-28(16-29(19-42)37(35)52-39)21-48-15-14-41(4,22-48)40(50)51/h6-7,10-13,16-18,20,23-24,49H,5,8-9,14-15,21-22H2,1-4H3,(H,50,51)(H,44,45,46)/t24-,41+/m0/s1. The van der Waals surface area contributed by atoms with E-state index in [0.717, 1.165) is 69.4 Å². The first-order chi connectivity index (χ1) is 25.0. The number of aliphatic carboxylic acids is 1. The van der Waals surface area contributed by atoms with E-state index < -0.39 is 11.4 Å². The zero-order chi connectivity index (χ0) is 36.6. The second-order valence-corrected chi connectivity index (χ2v) is 14.2. The molecule has 1 fully saturated rings. The largest absolute Gasteiger partial charge is 0.481 e. The molecule has 3 aromatic heterocycles.